The Kier molecular flexibility index (Phi) is 5.26. The van der Waals surface area contributed by atoms with Gasteiger partial charge >= 0.3 is 11.8 Å². The number of aliphatic hydroxyl groups excluding tert-OH is 1. The van der Waals surface area contributed by atoms with Crippen molar-refractivity contribution >= 4 is 17.5 Å². The summed E-state index contributed by atoms with van der Waals surface area (Å²) in [5.41, 5.74) is 1.21. The summed E-state index contributed by atoms with van der Waals surface area (Å²) in [5.74, 6) is -1.51. The van der Waals surface area contributed by atoms with Crippen LogP contribution in [0.2, 0.25) is 0 Å². The largest absolute Gasteiger partial charge is 0.387 e. The van der Waals surface area contributed by atoms with E-state index in [1.54, 1.807) is 18.3 Å². The van der Waals surface area contributed by atoms with Gasteiger partial charge in [-0.05, 0) is 30.7 Å². The van der Waals surface area contributed by atoms with Crippen LogP contribution in [0.5, 0.6) is 0 Å². The summed E-state index contributed by atoms with van der Waals surface area (Å²) in [7, 11) is 1.83. The van der Waals surface area contributed by atoms with E-state index in [-0.39, 0.29) is 6.54 Å². The topological polar surface area (TPSA) is 96.2 Å². The lowest BCUT2D eigenvalue weighted by atomic mass is 10.2. The van der Waals surface area contributed by atoms with E-state index >= 15 is 0 Å². The van der Waals surface area contributed by atoms with Crippen LogP contribution in [0.25, 0.3) is 0 Å². The van der Waals surface area contributed by atoms with E-state index in [2.05, 4.69) is 15.6 Å². The van der Waals surface area contributed by atoms with E-state index in [1.807, 2.05) is 29.9 Å². The van der Waals surface area contributed by atoms with Gasteiger partial charge in [-0.25, -0.2) is 0 Å². The van der Waals surface area contributed by atoms with Crippen LogP contribution in [-0.2, 0) is 16.6 Å². The minimum Gasteiger partial charge on any atom is -0.387 e. The zero-order valence-electron chi connectivity index (χ0n) is 12.2. The van der Waals surface area contributed by atoms with E-state index in [0.29, 0.717) is 12.1 Å². The number of carbonyl (C=O) groups excluding carboxylic acids is 2. The predicted molar refractivity (Wildman–Crippen MR) is 80.9 cm³/mol. The first-order chi connectivity index (χ1) is 10.6. The van der Waals surface area contributed by atoms with E-state index in [9.17, 15) is 14.7 Å². The summed E-state index contributed by atoms with van der Waals surface area (Å²) < 4.78 is 1.81. The molecule has 0 fully saturated rings. The maximum atomic E-state index is 11.7. The number of nitrogens with one attached hydrogen (secondary N) is 2. The van der Waals surface area contributed by atoms with E-state index in [0.717, 1.165) is 5.69 Å². The number of rotatable bonds is 5. The molecule has 0 saturated carbocycles. The van der Waals surface area contributed by atoms with Crippen molar-refractivity contribution in [3.8, 4) is 0 Å². The molecule has 0 aliphatic heterocycles. The van der Waals surface area contributed by atoms with Gasteiger partial charge in [0.1, 0.15) is 0 Å². The summed E-state index contributed by atoms with van der Waals surface area (Å²) in [4.78, 5) is 27.1. The molecule has 0 spiro atoms. The Morgan fingerprint density at radius 3 is 2.77 bits per heavy atom. The fourth-order valence-electron chi connectivity index (χ4n) is 2.00. The van der Waals surface area contributed by atoms with Crippen molar-refractivity contribution in [2.75, 3.05) is 11.9 Å². The number of hydrogen-bond acceptors (Lipinski definition) is 4. The Hall–Kier alpha value is -2.67. The average Bonchev–Trinajstić information content (AvgIpc) is 2.94. The molecule has 1 atom stereocenters. The Balaban J connectivity index is 1.76. The minimum atomic E-state index is -0.763. The standard InChI is InChI=1S/C15H18N4O3/c1-19-9-3-5-12(19)13(20)6-8-17-14(21)15(22)18-11-4-2-7-16-10-11/h2-5,7,9-10,13,20H,6,8H2,1H3,(H,17,21)(H,18,22)/t13-/m0/s1. The van der Waals surface area contributed by atoms with Crippen LogP contribution in [0.4, 0.5) is 5.69 Å². The third-order valence-electron chi connectivity index (χ3n) is 3.15. The van der Waals surface area contributed by atoms with E-state index in [1.165, 1.54) is 6.20 Å². The second-order valence-electron chi connectivity index (χ2n) is 4.80. The zero-order chi connectivity index (χ0) is 15.9. The van der Waals surface area contributed by atoms with Crippen LogP contribution in [-0.4, -0.2) is 33.0 Å². The summed E-state index contributed by atoms with van der Waals surface area (Å²) in [6.07, 6.45) is 4.48. The van der Waals surface area contributed by atoms with Gasteiger partial charge in [-0.3, -0.25) is 14.6 Å². The molecule has 2 rings (SSSR count). The number of carbonyl (C=O) groups is 2. The zero-order valence-corrected chi connectivity index (χ0v) is 12.2. The molecule has 7 nitrogen and oxygen atoms in total. The van der Waals surface area contributed by atoms with Gasteiger partial charge in [0.05, 0.1) is 18.0 Å². The SMILES string of the molecule is Cn1cccc1[C@@H](O)CCNC(=O)C(=O)Nc1cccnc1. The number of pyridine rings is 1. The van der Waals surface area contributed by atoms with E-state index in [4.69, 9.17) is 0 Å². The molecule has 0 unspecified atom stereocenters. The Morgan fingerprint density at radius 2 is 2.14 bits per heavy atom. The molecular weight excluding hydrogens is 284 g/mol. The molecule has 116 valence electrons. The summed E-state index contributed by atoms with van der Waals surface area (Å²) in [6, 6.07) is 6.93. The van der Waals surface area contributed by atoms with Crippen molar-refractivity contribution < 1.29 is 14.7 Å². The lowest BCUT2D eigenvalue weighted by molar-refractivity contribution is -0.136. The maximum Gasteiger partial charge on any atom is 0.313 e. The van der Waals surface area contributed by atoms with Gasteiger partial charge in [0, 0.05) is 31.7 Å². The Morgan fingerprint density at radius 1 is 1.32 bits per heavy atom. The maximum absolute atomic E-state index is 11.7. The first-order valence-electron chi connectivity index (χ1n) is 6.86. The first kappa shape index (κ1) is 15.7. The molecule has 3 N–H and O–H groups in total. The van der Waals surface area contributed by atoms with Crippen molar-refractivity contribution in [3.63, 3.8) is 0 Å². The number of amides is 2. The highest BCUT2D eigenvalue weighted by molar-refractivity contribution is 6.39. The van der Waals surface area contributed by atoms with Crippen molar-refractivity contribution in [1.82, 2.24) is 14.9 Å². The second kappa shape index (κ2) is 7.37. The van der Waals surface area contributed by atoms with Crippen LogP contribution >= 0.6 is 0 Å². The summed E-state index contributed by atoms with van der Waals surface area (Å²) in [5, 5.41) is 14.9. The molecule has 22 heavy (non-hydrogen) atoms. The Labute approximate surface area is 128 Å². The van der Waals surface area contributed by atoms with Crippen LogP contribution in [0.1, 0.15) is 18.2 Å². The fourth-order valence-corrected chi connectivity index (χ4v) is 2.00. The van der Waals surface area contributed by atoms with Crippen molar-refractivity contribution in [2.24, 2.45) is 7.05 Å². The third kappa shape index (κ3) is 4.16. The average molecular weight is 302 g/mol. The highest BCUT2D eigenvalue weighted by Gasteiger charge is 2.15. The van der Waals surface area contributed by atoms with Gasteiger partial charge in [-0.15, -0.1) is 0 Å². The smallest absolute Gasteiger partial charge is 0.313 e. The number of nitrogens with zero attached hydrogens (tertiary/aromatic N) is 2. The van der Waals surface area contributed by atoms with Crippen molar-refractivity contribution in [2.45, 2.75) is 12.5 Å². The lowest BCUT2D eigenvalue weighted by Crippen LogP contribution is -2.36. The monoisotopic (exact) mass is 302 g/mol. The minimum absolute atomic E-state index is 0.200. The number of anilines is 1. The molecular formula is C15H18N4O3. The molecule has 2 amide bonds. The van der Waals surface area contributed by atoms with Crippen LogP contribution < -0.4 is 10.6 Å². The lowest BCUT2D eigenvalue weighted by Gasteiger charge is -2.12. The molecule has 0 saturated heterocycles. The van der Waals surface area contributed by atoms with Gasteiger partial charge < -0.3 is 20.3 Å². The normalized spacial score (nSPS) is 11.7. The third-order valence-corrected chi connectivity index (χ3v) is 3.15. The highest BCUT2D eigenvalue weighted by atomic mass is 16.3. The molecule has 0 aliphatic carbocycles. The van der Waals surface area contributed by atoms with Crippen molar-refractivity contribution in [1.29, 1.82) is 0 Å². The Bertz CT molecular complexity index is 639. The van der Waals surface area contributed by atoms with Gasteiger partial charge in [0.25, 0.3) is 0 Å². The van der Waals surface area contributed by atoms with Crippen molar-refractivity contribution in [3.05, 3.63) is 48.5 Å². The quantitative estimate of drug-likeness (QED) is 0.705. The van der Waals surface area contributed by atoms with Gasteiger partial charge in [0.15, 0.2) is 0 Å². The fraction of sp³-hybridized carbons (Fsp3) is 0.267. The predicted octanol–water partition coefficient (Wildman–Crippen LogP) is 0.598. The molecule has 2 aromatic rings. The van der Waals surface area contributed by atoms with Gasteiger partial charge in [0.2, 0.25) is 0 Å². The molecule has 2 heterocycles. The first-order valence-corrected chi connectivity index (χ1v) is 6.86. The molecule has 7 heteroatoms. The van der Waals surface area contributed by atoms with Gasteiger partial charge in [-0.2, -0.15) is 0 Å². The number of aromatic nitrogens is 2. The highest BCUT2D eigenvalue weighted by Crippen LogP contribution is 2.15. The summed E-state index contributed by atoms with van der Waals surface area (Å²) in [6.45, 7) is 0.200. The number of hydrogen-bond donors (Lipinski definition) is 3. The molecule has 0 bridgehead atoms. The molecule has 0 aromatic carbocycles. The van der Waals surface area contributed by atoms with E-state index < -0.39 is 17.9 Å². The van der Waals surface area contributed by atoms with Crippen LogP contribution in [0.15, 0.2) is 42.9 Å². The summed E-state index contributed by atoms with van der Waals surface area (Å²) >= 11 is 0. The van der Waals surface area contributed by atoms with Crippen LogP contribution in [0.3, 0.4) is 0 Å². The molecule has 0 radical (unpaired) electrons. The van der Waals surface area contributed by atoms with Gasteiger partial charge in [-0.1, -0.05) is 0 Å². The van der Waals surface area contributed by atoms with Crippen LogP contribution in [0, 0.1) is 0 Å². The second-order valence-corrected chi connectivity index (χ2v) is 4.80. The molecule has 2 aromatic heterocycles. The number of aryl methyl sites for hydroxylation is 1. The number of aliphatic hydroxyl groups is 1. The molecule has 0 aliphatic rings.